The van der Waals surface area contributed by atoms with E-state index in [1.165, 1.54) is 13.8 Å². The van der Waals surface area contributed by atoms with Crippen LogP contribution in [-0.4, -0.2) is 148 Å². The van der Waals surface area contributed by atoms with E-state index in [2.05, 4.69) is 20.8 Å². The Morgan fingerprint density at radius 1 is 1.04 bits per heavy atom. The van der Waals surface area contributed by atoms with Crippen LogP contribution < -0.4 is 10.6 Å². The summed E-state index contributed by atoms with van der Waals surface area (Å²) >= 11 is 1.60. The molecular formula is C37H67N5O10S. The topological polar surface area (TPSA) is 208 Å². The maximum Gasteiger partial charge on any atom is 0.311 e. The molecule has 1 aromatic heterocycles. The molecule has 0 amide bonds. The lowest BCUT2D eigenvalue weighted by atomic mass is 9.73. The molecule has 2 saturated heterocycles. The summed E-state index contributed by atoms with van der Waals surface area (Å²) in [6.07, 6.45) is -5.00. The molecule has 2 fully saturated rings. The summed E-state index contributed by atoms with van der Waals surface area (Å²) < 4.78 is 18.3. The zero-order valence-corrected chi connectivity index (χ0v) is 34.1. The predicted octanol–water partition coefficient (Wildman–Crippen LogP) is 1.50. The highest BCUT2D eigenvalue weighted by Crippen LogP contribution is 2.38. The van der Waals surface area contributed by atoms with Gasteiger partial charge in [-0.25, -0.2) is 4.98 Å². The molecule has 0 aliphatic carbocycles. The Kier molecular flexibility index (Phi) is 17.5. The van der Waals surface area contributed by atoms with Gasteiger partial charge in [-0.2, -0.15) is 0 Å². The fourth-order valence-corrected chi connectivity index (χ4v) is 8.26. The average molecular weight is 774 g/mol. The molecule has 15 nitrogen and oxygen atoms in total. The molecule has 3 rings (SSSR count). The van der Waals surface area contributed by atoms with E-state index < -0.39 is 77.7 Å². The van der Waals surface area contributed by atoms with Crippen molar-refractivity contribution >= 4 is 23.0 Å². The molecule has 0 bridgehead atoms. The maximum atomic E-state index is 13.5. The number of likely N-dealkylation sites (N-methyl/N-ethyl adjacent to an activating group) is 1. The second-order valence-electron chi connectivity index (χ2n) is 15.7. The summed E-state index contributed by atoms with van der Waals surface area (Å²) in [4.78, 5) is 25.4. The number of nitrogens with one attached hydrogen (secondary N) is 2. The van der Waals surface area contributed by atoms with Gasteiger partial charge in [0.05, 0.1) is 41.6 Å². The summed E-state index contributed by atoms with van der Waals surface area (Å²) in [5.74, 6) is -4.09. The normalized spacial score (nSPS) is 40.2. The van der Waals surface area contributed by atoms with Crippen molar-refractivity contribution in [2.45, 2.75) is 141 Å². The number of carbonyl (C=O) groups is 1. The lowest BCUT2D eigenvalue weighted by Crippen LogP contribution is -2.60. The first-order valence-corrected chi connectivity index (χ1v) is 19.9. The fraction of sp³-hybridized carbons (Fsp3) is 0.865. The lowest BCUT2D eigenvalue weighted by Gasteiger charge is -2.47. The average Bonchev–Trinajstić information content (AvgIpc) is 3.62. The molecule has 0 spiro atoms. The monoisotopic (exact) mass is 773 g/mol. The first-order chi connectivity index (χ1) is 24.8. The molecule has 14 atom stereocenters. The number of carbonyl (C=O) groups excluding carboxylic acids is 1. The van der Waals surface area contributed by atoms with E-state index in [0.29, 0.717) is 31.8 Å². The summed E-state index contributed by atoms with van der Waals surface area (Å²) in [7, 11) is 3.72. The molecule has 3 heterocycles. The van der Waals surface area contributed by atoms with E-state index in [-0.39, 0.29) is 31.6 Å². The molecular weight excluding hydrogens is 706 g/mol. The Hall–Kier alpha value is -1.83. The van der Waals surface area contributed by atoms with E-state index in [4.69, 9.17) is 19.0 Å². The van der Waals surface area contributed by atoms with Gasteiger partial charge in [0.1, 0.15) is 29.4 Å². The van der Waals surface area contributed by atoms with Gasteiger partial charge in [0.15, 0.2) is 6.29 Å². The van der Waals surface area contributed by atoms with Crippen molar-refractivity contribution < 1.29 is 49.4 Å². The molecule has 0 radical (unpaired) electrons. The third kappa shape index (κ3) is 12.1. The Labute approximate surface area is 319 Å². The molecule has 0 aromatic carbocycles. The highest BCUT2D eigenvalue weighted by atomic mass is 32.1. The van der Waals surface area contributed by atoms with Crippen LogP contribution in [0.4, 0.5) is 0 Å². The van der Waals surface area contributed by atoms with Gasteiger partial charge in [-0.1, -0.05) is 32.9 Å². The summed E-state index contributed by atoms with van der Waals surface area (Å²) in [6.45, 7) is 16.1. The van der Waals surface area contributed by atoms with Gasteiger partial charge in [0.25, 0.3) is 0 Å². The highest BCUT2D eigenvalue weighted by molar-refractivity contribution is 7.09. The van der Waals surface area contributed by atoms with Crippen LogP contribution in [0.2, 0.25) is 0 Å². The number of rotatable bonds is 13. The van der Waals surface area contributed by atoms with E-state index in [1.54, 1.807) is 45.2 Å². The largest absolute Gasteiger partial charge is 0.459 e. The molecule has 7 N–H and O–H groups in total. The van der Waals surface area contributed by atoms with Crippen molar-refractivity contribution in [2.75, 3.05) is 40.3 Å². The number of cyclic esters (lactones) is 1. The van der Waals surface area contributed by atoms with Gasteiger partial charge in [0, 0.05) is 61.6 Å². The fourth-order valence-electron chi connectivity index (χ4n) is 7.67. The standard InChI is InChI=1S/C37H67N5O10S/c1-11-27-37(8,48)32(45)23(4)29(41-49-16-14-38-12-13-39-20-28-40-15-17-53-28)21(2)19-36(7,47)33(24(5)30(43)25(6)34(46)51-27)52-35-31(44)26(42(9)10)18-22(3)50-35/h15,17,21-27,30-33,35,38-39,43-45,47-48H,11-14,16,18-20H2,1-10H3/b41-29+/t21-,22-,23+,24+,25-,26?,27-,30+,31+,32+,33+,35+,36?,37-/m1/s1. The SMILES string of the molecule is CC[C@H]1OC(=O)[C@H](C)[C@@H](O)[C@H](C)[C@H](O[C@@H]2O[C@H](C)CC(N(C)C)[C@@H]2O)C(C)(O)C[C@@H](C)/C(=N\OCCNCCNCc2nccs2)[C@H](C)[C@H](O)[C@]1(C)O. The third-order valence-corrected chi connectivity index (χ3v) is 11.7. The molecule has 1 aromatic rings. The number of oxime groups is 1. The smallest absolute Gasteiger partial charge is 0.311 e. The first kappa shape index (κ1) is 45.6. The minimum absolute atomic E-state index is 0.0185. The number of aliphatic hydroxyl groups excluding tert-OH is 3. The van der Waals surface area contributed by atoms with Gasteiger partial charge in [0.2, 0.25) is 0 Å². The van der Waals surface area contributed by atoms with Gasteiger partial charge in [-0.05, 0) is 61.1 Å². The number of hydrogen-bond donors (Lipinski definition) is 7. The van der Waals surface area contributed by atoms with Crippen LogP contribution in [0.1, 0.15) is 79.7 Å². The van der Waals surface area contributed by atoms with Gasteiger partial charge >= 0.3 is 5.97 Å². The van der Waals surface area contributed by atoms with Crippen molar-refractivity contribution in [3.8, 4) is 0 Å². The van der Waals surface area contributed by atoms with Gasteiger partial charge in [-0.15, -0.1) is 11.3 Å². The highest BCUT2D eigenvalue weighted by Gasteiger charge is 2.51. The minimum Gasteiger partial charge on any atom is -0.459 e. The van der Waals surface area contributed by atoms with E-state index in [0.717, 1.165) is 11.6 Å². The number of aromatic nitrogens is 1. The van der Waals surface area contributed by atoms with Crippen LogP contribution in [-0.2, 0) is 30.4 Å². The molecule has 2 unspecified atom stereocenters. The van der Waals surface area contributed by atoms with Crippen LogP contribution in [0.15, 0.2) is 16.7 Å². The van der Waals surface area contributed by atoms with Crippen LogP contribution in [0.3, 0.4) is 0 Å². The Balaban J connectivity index is 1.90. The first-order valence-electron chi connectivity index (χ1n) is 19.0. The molecule has 306 valence electrons. The molecule has 2 aliphatic rings. The van der Waals surface area contributed by atoms with Crippen molar-refractivity contribution in [2.24, 2.45) is 28.8 Å². The van der Waals surface area contributed by atoms with Crippen LogP contribution >= 0.6 is 11.3 Å². The minimum atomic E-state index is -1.90. The lowest BCUT2D eigenvalue weighted by molar-refractivity contribution is -0.298. The summed E-state index contributed by atoms with van der Waals surface area (Å²) in [6, 6.07) is -0.286. The van der Waals surface area contributed by atoms with Crippen LogP contribution in [0.5, 0.6) is 0 Å². The molecule has 2 aliphatic heterocycles. The Morgan fingerprint density at radius 2 is 1.72 bits per heavy atom. The van der Waals surface area contributed by atoms with Crippen molar-refractivity contribution in [1.82, 2.24) is 20.5 Å². The van der Waals surface area contributed by atoms with Gasteiger partial charge < -0.3 is 60.1 Å². The van der Waals surface area contributed by atoms with Crippen molar-refractivity contribution in [1.29, 1.82) is 0 Å². The zero-order valence-electron chi connectivity index (χ0n) is 33.3. The van der Waals surface area contributed by atoms with Crippen LogP contribution in [0.25, 0.3) is 0 Å². The van der Waals surface area contributed by atoms with Gasteiger partial charge in [-0.3, -0.25) is 4.79 Å². The van der Waals surface area contributed by atoms with E-state index in [9.17, 15) is 30.3 Å². The maximum absolute atomic E-state index is 13.5. The van der Waals surface area contributed by atoms with Crippen molar-refractivity contribution in [3.05, 3.63) is 16.6 Å². The molecule has 0 saturated carbocycles. The number of hydrogen-bond acceptors (Lipinski definition) is 16. The Morgan fingerprint density at radius 3 is 2.34 bits per heavy atom. The number of esters is 1. The summed E-state index contributed by atoms with van der Waals surface area (Å²) in [5.41, 5.74) is -3.23. The predicted molar refractivity (Wildman–Crippen MR) is 202 cm³/mol. The second kappa shape index (κ2) is 20.4. The third-order valence-electron chi connectivity index (χ3n) is 10.9. The number of nitrogens with zero attached hydrogens (tertiary/aromatic N) is 3. The zero-order chi connectivity index (χ0) is 39.7. The number of ether oxygens (including phenoxy) is 3. The number of aliphatic hydroxyl groups is 5. The second-order valence-corrected chi connectivity index (χ2v) is 16.7. The Bertz CT molecular complexity index is 1270. The van der Waals surface area contributed by atoms with E-state index >= 15 is 0 Å². The number of thiazole rings is 1. The quantitative estimate of drug-likeness (QED) is 0.0862. The molecule has 16 heteroatoms. The summed E-state index contributed by atoms with van der Waals surface area (Å²) in [5, 5.41) is 72.7. The van der Waals surface area contributed by atoms with Crippen LogP contribution in [0, 0.1) is 23.7 Å². The van der Waals surface area contributed by atoms with E-state index in [1.807, 2.05) is 38.2 Å². The van der Waals surface area contributed by atoms with Crippen molar-refractivity contribution in [3.63, 3.8) is 0 Å². The molecule has 53 heavy (non-hydrogen) atoms.